The zero-order valence-corrected chi connectivity index (χ0v) is 14.5. The lowest BCUT2D eigenvalue weighted by atomic mass is 9.87. The quantitative estimate of drug-likeness (QED) is 0.686. The summed E-state index contributed by atoms with van der Waals surface area (Å²) in [5, 5.41) is 3.86. The molecule has 1 aliphatic heterocycles. The van der Waals surface area contributed by atoms with E-state index in [-0.39, 0.29) is 0 Å². The second-order valence-corrected chi connectivity index (χ2v) is 7.45. The number of piperazine rings is 1. The van der Waals surface area contributed by atoms with E-state index in [4.69, 9.17) is 0 Å². The van der Waals surface area contributed by atoms with Gasteiger partial charge in [-0.25, -0.2) is 0 Å². The topological polar surface area (TPSA) is 15.3 Å². The van der Waals surface area contributed by atoms with Gasteiger partial charge in [-0.3, -0.25) is 4.90 Å². The SMILES string of the molecule is CCC1(CC)CN(CCCSC)C(CC(C)C)CN1. The average Bonchev–Trinajstić information content (AvgIpc) is 2.40. The number of nitrogens with one attached hydrogen (secondary N) is 1. The highest BCUT2D eigenvalue weighted by Crippen LogP contribution is 2.25. The van der Waals surface area contributed by atoms with Crippen molar-refractivity contribution in [3.8, 4) is 0 Å². The molecule has 1 unspecified atom stereocenters. The van der Waals surface area contributed by atoms with E-state index in [1.54, 1.807) is 0 Å². The average molecular weight is 287 g/mol. The second-order valence-electron chi connectivity index (χ2n) is 6.47. The van der Waals surface area contributed by atoms with Crippen LogP contribution in [-0.4, -0.2) is 48.1 Å². The van der Waals surface area contributed by atoms with Crippen molar-refractivity contribution in [2.75, 3.05) is 31.6 Å². The van der Waals surface area contributed by atoms with Crippen molar-refractivity contribution < 1.29 is 0 Å². The van der Waals surface area contributed by atoms with Gasteiger partial charge in [-0.05, 0) is 50.2 Å². The number of hydrogen-bond acceptors (Lipinski definition) is 3. The third-order valence-corrected chi connectivity index (χ3v) is 5.32. The lowest BCUT2D eigenvalue weighted by molar-refractivity contribution is 0.0626. The van der Waals surface area contributed by atoms with Gasteiger partial charge in [0.25, 0.3) is 0 Å². The molecule has 0 bridgehead atoms. The molecule has 0 aromatic carbocycles. The van der Waals surface area contributed by atoms with Gasteiger partial charge in [0, 0.05) is 24.7 Å². The maximum absolute atomic E-state index is 3.86. The minimum atomic E-state index is 0.368. The van der Waals surface area contributed by atoms with Crippen molar-refractivity contribution in [1.82, 2.24) is 10.2 Å². The van der Waals surface area contributed by atoms with Gasteiger partial charge in [-0.15, -0.1) is 0 Å². The van der Waals surface area contributed by atoms with Crippen LogP contribution in [0.1, 0.15) is 53.4 Å². The van der Waals surface area contributed by atoms with Crippen LogP contribution < -0.4 is 5.32 Å². The molecule has 1 fully saturated rings. The zero-order valence-electron chi connectivity index (χ0n) is 13.7. The molecule has 0 aliphatic carbocycles. The van der Waals surface area contributed by atoms with E-state index in [0.717, 1.165) is 12.0 Å². The molecule has 1 heterocycles. The molecule has 2 nitrogen and oxygen atoms in total. The fourth-order valence-electron chi connectivity index (χ4n) is 3.21. The summed E-state index contributed by atoms with van der Waals surface area (Å²) in [5.41, 5.74) is 0.368. The Morgan fingerprint density at radius 3 is 2.53 bits per heavy atom. The van der Waals surface area contributed by atoms with E-state index in [1.807, 2.05) is 11.8 Å². The molecule has 0 aromatic rings. The Balaban J connectivity index is 2.62. The summed E-state index contributed by atoms with van der Waals surface area (Å²) in [7, 11) is 0. The van der Waals surface area contributed by atoms with Gasteiger partial charge >= 0.3 is 0 Å². The molecule has 1 rings (SSSR count). The summed E-state index contributed by atoms with van der Waals surface area (Å²) in [5.74, 6) is 2.09. The Kier molecular flexibility index (Phi) is 7.78. The maximum Gasteiger partial charge on any atom is 0.0304 e. The monoisotopic (exact) mass is 286 g/mol. The van der Waals surface area contributed by atoms with Crippen LogP contribution in [-0.2, 0) is 0 Å². The zero-order chi connectivity index (χ0) is 14.3. The molecule has 19 heavy (non-hydrogen) atoms. The summed E-state index contributed by atoms with van der Waals surface area (Å²) < 4.78 is 0. The van der Waals surface area contributed by atoms with Gasteiger partial charge in [-0.2, -0.15) is 11.8 Å². The number of nitrogens with zero attached hydrogens (tertiary/aromatic N) is 1. The predicted octanol–water partition coefficient (Wildman–Crippen LogP) is 3.62. The fraction of sp³-hybridized carbons (Fsp3) is 1.00. The normalized spacial score (nSPS) is 24.0. The molecule has 0 spiro atoms. The highest BCUT2D eigenvalue weighted by molar-refractivity contribution is 7.98. The van der Waals surface area contributed by atoms with E-state index in [1.165, 1.54) is 51.1 Å². The Morgan fingerprint density at radius 1 is 1.32 bits per heavy atom. The summed E-state index contributed by atoms with van der Waals surface area (Å²) in [4.78, 5) is 2.78. The molecular weight excluding hydrogens is 252 g/mol. The largest absolute Gasteiger partial charge is 0.308 e. The van der Waals surface area contributed by atoms with E-state index in [2.05, 4.69) is 44.2 Å². The Morgan fingerprint density at radius 2 is 2.00 bits per heavy atom. The molecule has 114 valence electrons. The van der Waals surface area contributed by atoms with E-state index >= 15 is 0 Å². The van der Waals surface area contributed by atoms with Crippen LogP contribution in [0, 0.1) is 5.92 Å². The lowest BCUT2D eigenvalue weighted by Gasteiger charge is -2.48. The molecule has 1 aliphatic rings. The molecule has 3 heteroatoms. The first-order valence-electron chi connectivity index (χ1n) is 8.05. The van der Waals surface area contributed by atoms with Crippen molar-refractivity contribution >= 4 is 11.8 Å². The lowest BCUT2D eigenvalue weighted by Crippen LogP contribution is -2.64. The second kappa shape index (κ2) is 8.53. The van der Waals surface area contributed by atoms with Gasteiger partial charge in [0.05, 0.1) is 0 Å². The minimum absolute atomic E-state index is 0.368. The summed E-state index contributed by atoms with van der Waals surface area (Å²) in [6.45, 7) is 13.1. The first-order chi connectivity index (χ1) is 9.06. The summed E-state index contributed by atoms with van der Waals surface area (Å²) >= 11 is 1.97. The van der Waals surface area contributed by atoms with Gasteiger partial charge in [0.1, 0.15) is 0 Å². The smallest absolute Gasteiger partial charge is 0.0304 e. The van der Waals surface area contributed by atoms with Crippen LogP contribution in [0.15, 0.2) is 0 Å². The van der Waals surface area contributed by atoms with E-state index in [0.29, 0.717) is 5.54 Å². The van der Waals surface area contributed by atoms with Gasteiger partial charge in [0.15, 0.2) is 0 Å². The van der Waals surface area contributed by atoms with Gasteiger partial charge < -0.3 is 5.32 Å². The predicted molar refractivity (Wildman–Crippen MR) is 89.1 cm³/mol. The molecule has 0 amide bonds. The maximum atomic E-state index is 3.86. The van der Waals surface area contributed by atoms with Crippen LogP contribution >= 0.6 is 11.8 Å². The Labute approximate surface area is 125 Å². The van der Waals surface area contributed by atoms with Crippen LogP contribution in [0.5, 0.6) is 0 Å². The number of thioether (sulfide) groups is 1. The highest BCUT2D eigenvalue weighted by Gasteiger charge is 2.36. The first kappa shape index (κ1) is 17.3. The van der Waals surface area contributed by atoms with Crippen molar-refractivity contribution in [3.63, 3.8) is 0 Å². The van der Waals surface area contributed by atoms with Crippen molar-refractivity contribution in [2.24, 2.45) is 5.92 Å². The number of rotatable bonds is 8. The van der Waals surface area contributed by atoms with Crippen LogP contribution in [0.25, 0.3) is 0 Å². The molecule has 1 N–H and O–H groups in total. The number of hydrogen-bond donors (Lipinski definition) is 1. The van der Waals surface area contributed by atoms with Crippen molar-refractivity contribution in [1.29, 1.82) is 0 Å². The Bertz CT molecular complexity index is 239. The highest BCUT2D eigenvalue weighted by atomic mass is 32.2. The minimum Gasteiger partial charge on any atom is -0.308 e. The first-order valence-corrected chi connectivity index (χ1v) is 9.44. The van der Waals surface area contributed by atoms with Crippen molar-refractivity contribution in [3.05, 3.63) is 0 Å². The van der Waals surface area contributed by atoms with E-state index in [9.17, 15) is 0 Å². The van der Waals surface area contributed by atoms with Crippen molar-refractivity contribution in [2.45, 2.75) is 65.0 Å². The van der Waals surface area contributed by atoms with Gasteiger partial charge in [0.2, 0.25) is 0 Å². The third kappa shape index (κ3) is 5.28. The molecule has 1 atom stereocenters. The Hall–Kier alpha value is 0.270. The third-order valence-electron chi connectivity index (χ3n) is 4.63. The molecular formula is C16H34N2S. The van der Waals surface area contributed by atoms with Crippen LogP contribution in [0.2, 0.25) is 0 Å². The van der Waals surface area contributed by atoms with Crippen LogP contribution in [0.3, 0.4) is 0 Å². The molecule has 0 radical (unpaired) electrons. The summed E-state index contributed by atoms with van der Waals surface area (Å²) in [6, 6.07) is 0.744. The van der Waals surface area contributed by atoms with Gasteiger partial charge in [-0.1, -0.05) is 27.7 Å². The van der Waals surface area contributed by atoms with Crippen LogP contribution in [0.4, 0.5) is 0 Å². The van der Waals surface area contributed by atoms with E-state index < -0.39 is 0 Å². The molecule has 0 aromatic heterocycles. The molecule has 0 saturated carbocycles. The standard InChI is InChI=1S/C16H34N2S/c1-6-16(7-2)13-18(9-8-10-19-5)15(12-17-16)11-14(3)4/h14-15,17H,6-13H2,1-5H3. The fourth-order valence-corrected chi connectivity index (χ4v) is 3.63. The molecule has 1 saturated heterocycles. The summed E-state index contributed by atoms with van der Waals surface area (Å²) in [6.07, 6.45) is 7.37.